The number of aromatic nitrogens is 4. The van der Waals surface area contributed by atoms with Crippen molar-refractivity contribution in [3.05, 3.63) is 85.0 Å². The fourth-order valence-electron chi connectivity index (χ4n) is 2.80. The van der Waals surface area contributed by atoms with Gasteiger partial charge in [0.1, 0.15) is 5.82 Å². The zero-order valence-electron chi connectivity index (χ0n) is 14.6. The van der Waals surface area contributed by atoms with E-state index in [1.54, 1.807) is 10.7 Å². The highest BCUT2D eigenvalue weighted by molar-refractivity contribution is 5.78. The maximum Gasteiger partial charge on any atom is 0.165 e. The van der Waals surface area contributed by atoms with Crippen LogP contribution in [0.4, 0.5) is 5.82 Å². The first-order valence-electron chi connectivity index (χ1n) is 8.44. The van der Waals surface area contributed by atoms with Crippen LogP contribution in [0.1, 0.15) is 18.1 Å². The summed E-state index contributed by atoms with van der Waals surface area (Å²) in [6.45, 7) is 6.66. The van der Waals surface area contributed by atoms with Crippen molar-refractivity contribution in [1.29, 1.82) is 0 Å². The third kappa shape index (κ3) is 3.19. The zero-order valence-corrected chi connectivity index (χ0v) is 14.6. The Hall–Kier alpha value is -3.47. The lowest BCUT2D eigenvalue weighted by Crippen LogP contribution is -2.03. The molecule has 0 bridgehead atoms. The summed E-state index contributed by atoms with van der Waals surface area (Å²) in [4.78, 5) is 8.87. The monoisotopic (exact) mass is 341 g/mol. The van der Waals surface area contributed by atoms with E-state index in [1.165, 1.54) is 0 Å². The summed E-state index contributed by atoms with van der Waals surface area (Å²) in [6.07, 6.45) is 7.38. The number of allylic oxidation sites excluding steroid dienone is 1. The molecular formula is C21H19N5. The second-order valence-corrected chi connectivity index (χ2v) is 6.21. The van der Waals surface area contributed by atoms with Crippen LogP contribution in [0.2, 0.25) is 0 Å². The largest absolute Gasteiger partial charge is 0.366 e. The fraction of sp³-hybridized carbons (Fsp3) is 0.0952. The van der Waals surface area contributed by atoms with Crippen molar-refractivity contribution < 1.29 is 0 Å². The number of benzene rings is 1. The summed E-state index contributed by atoms with van der Waals surface area (Å²) in [6, 6.07) is 14.2. The van der Waals surface area contributed by atoms with Crippen molar-refractivity contribution in [1.82, 2.24) is 19.6 Å². The molecule has 0 unspecified atom stereocenters. The summed E-state index contributed by atoms with van der Waals surface area (Å²) in [5.41, 5.74) is 6.21. The molecule has 3 heterocycles. The molecule has 0 fully saturated rings. The van der Waals surface area contributed by atoms with Crippen LogP contribution in [-0.2, 0) is 6.54 Å². The smallest absolute Gasteiger partial charge is 0.165 e. The van der Waals surface area contributed by atoms with Crippen molar-refractivity contribution in [2.24, 2.45) is 0 Å². The van der Waals surface area contributed by atoms with Crippen LogP contribution in [0, 0.1) is 0 Å². The maximum atomic E-state index is 4.74. The van der Waals surface area contributed by atoms with E-state index in [0.717, 1.165) is 39.3 Å². The lowest BCUT2D eigenvalue weighted by molar-refractivity contribution is 0.936. The van der Waals surface area contributed by atoms with Gasteiger partial charge < -0.3 is 5.32 Å². The number of fused-ring (bicyclic) bond motifs is 1. The van der Waals surface area contributed by atoms with Crippen molar-refractivity contribution in [3.8, 4) is 11.1 Å². The molecule has 0 aliphatic heterocycles. The molecule has 26 heavy (non-hydrogen) atoms. The van der Waals surface area contributed by atoms with Crippen LogP contribution < -0.4 is 5.32 Å². The number of anilines is 1. The van der Waals surface area contributed by atoms with Crippen molar-refractivity contribution >= 4 is 17.0 Å². The Kier molecular flexibility index (Phi) is 4.19. The van der Waals surface area contributed by atoms with Gasteiger partial charge in [0.15, 0.2) is 5.65 Å². The predicted octanol–water partition coefficient (Wildman–Crippen LogP) is 4.44. The molecule has 0 amide bonds. The molecule has 4 rings (SSSR count). The van der Waals surface area contributed by atoms with Crippen molar-refractivity contribution in [2.45, 2.75) is 13.5 Å². The average Bonchev–Trinajstić information content (AvgIpc) is 3.10. The number of rotatable bonds is 5. The number of nitrogens with zero attached hydrogens (tertiary/aromatic N) is 4. The van der Waals surface area contributed by atoms with E-state index >= 15 is 0 Å². The van der Waals surface area contributed by atoms with E-state index in [0.29, 0.717) is 6.54 Å². The molecule has 5 nitrogen and oxygen atoms in total. The first-order valence-corrected chi connectivity index (χ1v) is 8.44. The number of hydrogen-bond acceptors (Lipinski definition) is 4. The normalized spacial score (nSPS) is 10.8. The minimum atomic E-state index is 0.674. The van der Waals surface area contributed by atoms with Crippen molar-refractivity contribution in [3.63, 3.8) is 0 Å². The van der Waals surface area contributed by atoms with Gasteiger partial charge in [-0.05, 0) is 35.7 Å². The molecule has 0 aliphatic carbocycles. The van der Waals surface area contributed by atoms with E-state index in [1.807, 2.05) is 43.7 Å². The SMILES string of the molecule is C=C(C)c1ccc(-c2cnn3ccc(NCc4cccnc4)nc23)cc1. The Morgan fingerprint density at radius 3 is 2.69 bits per heavy atom. The van der Waals surface area contributed by atoms with Gasteiger partial charge in [-0.1, -0.05) is 42.5 Å². The molecule has 0 radical (unpaired) electrons. The molecule has 0 aliphatic rings. The highest BCUT2D eigenvalue weighted by atomic mass is 15.2. The standard InChI is InChI=1S/C21H19N5/c1-15(2)17-5-7-18(8-6-17)19-14-24-26-11-9-20(25-21(19)26)23-13-16-4-3-10-22-12-16/h3-12,14H,1,13H2,2H3,(H,23,25). The first kappa shape index (κ1) is 16.0. The Balaban J connectivity index is 1.63. The van der Waals surface area contributed by atoms with Gasteiger partial charge in [-0.25, -0.2) is 9.50 Å². The van der Waals surface area contributed by atoms with Gasteiger partial charge in [0, 0.05) is 30.7 Å². The van der Waals surface area contributed by atoms with E-state index in [4.69, 9.17) is 4.98 Å². The third-order valence-electron chi connectivity index (χ3n) is 4.25. The maximum absolute atomic E-state index is 4.74. The molecule has 0 saturated heterocycles. The van der Waals surface area contributed by atoms with Gasteiger partial charge in [0.25, 0.3) is 0 Å². The molecule has 0 spiro atoms. The number of pyridine rings is 1. The molecule has 1 N–H and O–H groups in total. The summed E-state index contributed by atoms with van der Waals surface area (Å²) in [7, 11) is 0. The van der Waals surface area contributed by atoms with Crippen LogP contribution in [0.15, 0.2) is 73.8 Å². The summed E-state index contributed by atoms with van der Waals surface area (Å²) in [5.74, 6) is 0.807. The summed E-state index contributed by atoms with van der Waals surface area (Å²) >= 11 is 0. The molecule has 0 atom stereocenters. The molecular weight excluding hydrogens is 322 g/mol. The van der Waals surface area contributed by atoms with Gasteiger partial charge in [-0.2, -0.15) is 5.10 Å². The Bertz CT molecular complexity index is 1050. The van der Waals surface area contributed by atoms with Gasteiger partial charge in [0.05, 0.1) is 6.20 Å². The highest BCUT2D eigenvalue weighted by Gasteiger charge is 2.09. The molecule has 3 aromatic heterocycles. The van der Waals surface area contributed by atoms with E-state index in [2.05, 4.69) is 46.2 Å². The average molecular weight is 341 g/mol. The first-order chi connectivity index (χ1) is 12.7. The molecule has 128 valence electrons. The molecule has 4 aromatic rings. The van der Waals surface area contributed by atoms with Crippen LogP contribution in [0.3, 0.4) is 0 Å². The van der Waals surface area contributed by atoms with Gasteiger partial charge >= 0.3 is 0 Å². The van der Waals surface area contributed by atoms with Crippen molar-refractivity contribution in [2.75, 3.05) is 5.32 Å². The van der Waals surface area contributed by atoms with Crippen LogP contribution in [0.5, 0.6) is 0 Å². The summed E-state index contributed by atoms with van der Waals surface area (Å²) < 4.78 is 1.79. The topological polar surface area (TPSA) is 55.1 Å². The van der Waals surface area contributed by atoms with Gasteiger partial charge in [-0.15, -0.1) is 0 Å². The van der Waals surface area contributed by atoms with Gasteiger partial charge in [-0.3, -0.25) is 4.98 Å². The van der Waals surface area contributed by atoms with E-state index in [-0.39, 0.29) is 0 Å². The lowest BCUT2D eigenvalue weighted by atomic mass is 10.0. The Labute approximate surface area is 152 Å². The third-order valence-corrected chi connectivity index (χ3v) is 4.25. The number of nitrogens with one attached hydrogen (secondary N) is 1. The van der Waals surface area contributed by atoms with Crippen LogP contribution >= 0.6 is 0 Å². The van der Waals surface area contributed by atoms with Crippen LogP contribution in [-0.4, -0.2) is 19.6 Å². The lowest BCUT2D eigenvalue weighted by Gasteiger charge is -2.07. The second-order valence-electron chi connectivity index (χ2n) is 6.21. The molecule has 1 aromatic carbocycles. The molecule has 5 heteroatoms. The zero-order chi connectivity index (χ0) is 17.9. The quantitative estimate of drug-likeness (QED) is 0.583. The fourth-order valence-corrected chi connectivity index (χ4v) is 2.80. The van der Waals surface area contributed by atoms with Crippen LogP contribution in [0.25, 0.3) is 22.3 Å². The Morgan fingerprint density at radius 2 is 1.96 bits per heavy atom. The highest BCUT2D eigenvalue weighted by Crippen LogP contribution is 2.25. The van der Waals surface area contributed by atoms with E-state index < -0.39 is 0 Å². The number of hydrogen-bond donors (Lipinski definition) is 1. The van der Waals surface area contributed by atoms with E-state index in [9.17, 15) is 0 Å². The predicted molar refractivity (Wildman–Crippen MR) is 105 cm³/mol. The molecule has 0 saturated carbocycles. The minimum Gasteiger partial charge on any atom is -0.366 e. The van der Waals surface area contributed by atoms with Gasteiger partial charge in [0.2, 0.25) is 0 Å². The Morgan fingerprint density at radius 1 is 1.12 bits per heavy atom. The summed E-state index contributed by atoms with van der Waals surface area (Å²) in [5, 5.41) is 7.75. The second kappa shape index (κ2) is 6.80. The minimum absolute atomic E-state index is 0.674.